The Morgan fingerprint density at radius 3 is 2.52 bits per heavy atom. The van der Waals surface area contributed by atoms with Crippen molar-refractivity contribution in [2.75, 3.05) is 5.32 Å². The second kappa shape index (κ2) is 7.14. The number of amides is 3. The highest BCUT2D eigenvalue weighted by Crippen LogP contribution is 2.22. The van der Waals surface area contributed by atoms with Crippen LogP contribution in [0, 0.1) is 5.82 Å². The van der Waals surface area contributed by atoms with Crippen molar-refractivity contribution in [2.24, 2.45) is 0 Å². The van der Waals surface area contributed by atoms with Crippen LogP contribution < -0.4 is 10.6 Å². The summed E-state index contributed by atoms with van der Waals surface area (Å²) in [7, 11) is 0. The second-order valence-corrected chi connectivity index (χ2v) is 5.38. The quantitative estimate of drug-likeness (QED) is 0.737. The van der Waals surface area contributed by atoms with E-state index >= 15 is 0 Å². The van der Waals surface area contributed by atoms with Crippen molar-refractivity contribution in [2.45, 2.75) is 0 Å². The Morgan fingerprint density at radius 2 is 1.80 bits per heavy atom. The number of aromatic nitrogens is 1. The summed E-state index contributed by atoms with van der Waals surface area (Å²) in [6, 6.07) is 12.6. The summed E-state index contributed by atoms with van der Waals surface area (Å²) < 4.78 is 17.9. The Kier molecular flexibility index (Phi) is 4.76. The monoisotopic (exact) mass is 359 g/mol. The Balaban J connectivity index is 1.65. The lowest BCUT2D eigenvalue weighted by atomic mass is 10.1. The first-order valence-corrected chi connectivity index (χ1v) is 7.50. The molecule has 2 N–H and O–H groups in total. The molecule has 0 aliphatic carbocycles. The Bertz CT molecular complexity index is 925. The molecule has 25 heavy (non-hydrogen) atoms. The predicted octanol–water partition coefficient (Wildman–Crippen LogP) is 4.10. The van der Waals surface area contributed by atoms with E-state index in [0.29, 0.717) is 11.3 Å². The van der Waals surface area contributed by atoms with Crippen molar-refractivity contribution < 1.29 is 18.5 Å². The Labute approximate surface area is 146 Å². The number of benzene rings is 2. The molecule has 2 aromatic carbocycles. The predicted molar refractivity (Wildman–Crippen MR) is 89.8 cm³/mol. The van der Waals surface area contributed by atoms with Gasteiger partial charge >= 0.3 is 6.03 Å². The fourth-order valence-electron chi connectivity index (χ4n) is 2.05. The van der Waals surface area contributed by atoms with Crippen LogP contribution in [0.1, 0.15) is 10.4 Å². The van der Waals surface area contributed by atoms with Crippen LogP contribution in [0.3, 0.4) is 0 Å². The fourth-order valence-corrected chi connectivity index (χ4v) is 2.27. The van der Waals surface area contributed by atoms with Gasteiger partial charge in [-0.25, -0.2) is 9.18 Å². The van der Waals surface area contributed by atoms with E-state index in [1.807, 2.05) is 0 Å². The molecule has 3 rings (SSSR count). The summed E-state index contributed by atoms with van der Waals surface area (Å²) >= 11 is 5.90. The molecule has 0 unspecified atom stereocenters. The van der Waals surface area contributed by atoms with Crippen molar-refractivity contribution in [3.8, 4) is 11.3 Å². The van der Waals surface area contributed by atoms with E-state index in [1.54, 1.807) is 18.2 Å². The third-order valence-electron chi connectivity index (χ3n) is 3.23. The van der Waals surface area contributed by atoms with Crippen LogP contribution in [0.25, 0.3) is 11.3 Å². The molecule has 8 heteroatoms. The molecule has 0 bridgehead atoms. The lowest BCUT2D eigenvalue weighted by molar-refractivity contribution is 0.0967. The number of anilines is 1. The maximum atomic E-state index is 12.9. The number of rotatable bonds is 3. The van der Waals surface area contributed by atoms with E-state index in [0.717, 1.165) is 0 Å². The molecule has 1 aromatic heterocycles. The lowest BCUT2D eigenvalue weighted by Gasteiger charge is -2.05. The minimum absolute atomic E-state index is 0.0313. The summed E-state index contributed by atoms with van der Waals surface area (Å²) in [4.78, 5) is 23.9. The van der Waals surface area contributed by atoms with Gasteiger partial charge in [0.1, 0.15) is 11.5 Å². The summed E-state index contributed by atoms with van der Waals surface area (Å²) in [6.07, 6.45) is 0. The van der Waals surface area contributed by atoms with Crippen molar-refractivity contribution in [3.63, 3.8) is 0 Å². The number of hydrogen-bond donors (Lipinski definition) is 2. The van der Waals surface area contributed by atoms with Crippen molar-refractivity contribution >= 4 is 29.4 Å². The molecule has 1 heterocycles. The van der Waals surface area contributed by atoms with Crippen LogP contribution in [0.4, 0.5) is 15.1 Å². The minimum Gasteiger partial charge on any atom is -0.338 e. The van der Waals surface area contributed by atoms with Gasteiger partial charge in [-0.05, 0) is 36.4 Å². The maximum absolute atomic E-state index is 12.9. The van der Waals surface area contributed by atoms with E-state index < -0.39 is 11.9 Å². The smallest absolute Gasteiger partial charge is 0.328 e. The molecule has 3 amide bonds. The zero-order valence-corrected chi connectivity index (χ0v) is 13.4. The molecule has 0 aliphatic rings. The molecule has 0 fully saturated rings. The second-order valence-electron chi connectivity index (χ2n) is 4.97. The van der Waals surface area contributed by atoms with Crippen LogP contribution >= 0.6 is 11.6 Å². The average Bonchev–Trinajstić information content (AvgIpc) is 3.04. The first-order chi connectivity index (χ1) is 12.0. The number of carbonyl (C=O) groups excluding carboxylic acids is 2. The minimum atomic E-state index is -0.799. The molecule has 0 saturated heterocycles. The molecule has 126 valence electrons. The van der Waals surface area contributed by atoms with Gasteiger partial charge in [-0.3, -0.25) is 15.4 Å². The van der Waals surface area contributed by atoms with Crippen LogP contribution in [-0.2, 0) is 0 Å². The Morgan fingerprint density at radius 1 is 1.08 bits per heavy atom. The largest absolute Gasteiger partial charge is 0.338 e. The van der Waals surface area contributed by atoms with Crippen LogP contribution in [0.15, 0.2) is 59.1 Å². The van der Waals surface area contributed by atoms with Crippen LogP contribution in [-0.4, -0.2) is 17.1 Å². The van der Waals surface area contributed by atoms with Gasteiger partial charge in [0, 0.05) is 11.6 Å². The van der Waals surface area contributed by atoms with Crippen molar-refractivity contribution in [3.05, 3.63) is 71.0 Å². The first kappa shape index (κ1) is 16.7. The molecular formula is C17H11ClFN3O3. The zero-order valence-electron chi connectivity index (χ0n) is 12.6. The van der Waals surface area contributed by atoms with Gasteiger partial charge in [0.15, 0.2) is 0 Å². The SMILES string of the molecule is O=C(NC(=O)c1ccccc1Cl)Nc1cc(-c2ccc(F)cc2)no1. The van der Waals surface area contributed by atoms with E-state index in [9.17, 15) is 14.0 Å². The molecule has 0 saturated carbocycles. The van der Waals surface area contributed by atoms with Gasteiger partial charge < -0.3 is 4.52 Å². The normalized spacial score (nSPS) is 10.3. The summed E-state index contributed by atoms with van der Waals surface area (Å²) in [6.45, 7) is 0. The number of hydrogen-bond acceptors (Lipinski definition) is 4. The van der Waals surface area contributed by atoms with Crippen molar-refractivity contribution in [1.29, 1.82) is 0 Å². The average molecular weight is 360 g/mol. The van der Waals surface area contributed by atoms with Gasteiger partial charge in [0.25, 0.3) is 5.91 Å². The van der Waals surface area contributed by atoms with Crippen molar-refractivity contribution in [1.82, 2.24) is 10.5 Å². The number of imide groups is 1. The fraction of sp³-hybridized carbons (Fsp3) is 0. The molecule has 0 atom stereocenters. The van der Waals surface area contributed by atoms with Gasteiger partial charge in [-0.15, -0.1) is 0 Å². The number of urea groups is 1. The molecule has 3 aromatic rings. The molecular weight excluding hydrogens is 349 g/mol. The topological polar surface area (TPSA) is 84.2 Å². The standard InChI is InChI=1S/C17H11ClFN3O3/c18-13-4-2-1-3-12(13)16(23)21-17(24)20-15-9-14(22-25-15)10-5-7-11(19)8-6-10/h1-9H,(H2,20,21,23,24). The summed E-state index contributed by atoms with van der Waals surface area (Å²) in [5.74, 6) is -0.992. The number of halogens is 2. The maximum Gasteiger partial charge on any atom is 0.328 e. The number of nitrogens with one attached hydrogen (secondary N) is 2. The van der Waals surface area contributed by atoms with Gasteiger partial charge in [0.05, 0.1) is 10.6 Å². The van der Waals surface area contributed by atoms with Crippen LogP contribution in [0.5, 0.6) is 0 Å². The van der Waals surface area contributed by atoms with E-state index in [2.05, 4.69) is 15.8 Å². The van der Waals surface area contributed by atoms with E-state index in [1.165, 1.54) is 36.4 Å². The Hall–Kier alpha value is -3.19. The van der Waals surface area contributed by atoms with Gasteiger partial charge in [-0.1, -0.05) is 28.9 Å². The van der Waals surface area contributed by atoms with Crippen LogP contribution in [0.2, 0.25) is 5.02 Å². The highest BCUT2D eigenvalue weighted by molar-refractivity contribution is 6.34. The molecule has 0 radical (unpaired) electrons. The molecule has 0 aliphatic heterocycles. The van der Waals surface area contributed by atoms with E-state index in [4.69, 9.17) is 16.1 Å². The van der Waals surface area contributed by atoms with Gasteiger partial charge in [0.2, 0.25) is 5.88 Å². The van der Waals surface area contributed by atoms with E-state index in [-0.39, 0.29) is 22.3 Å². The highest BCUT2D eigenvalue weighted by atomic mass is 35.5. The number of carbonyl (C=O) groups is 2. The van der Waals surface area contributed by atoms with Gasteiger partial charge in [-0.2, -0.15) is 0 Å². The summed E-state index contributed by atoms with van der Waals surface area (Å²) in [5.41, 5.74) is 1.20. The zero-order chi connectivity index (χ0) is 17.8. The summed E-state index contributed by atoms with van der Waals surface area (Å²) in [5, 5.41) is 8.48. The third-order valence-corrected chi connectivity index (χ3v) is 3.56. The highest BCUT2D eigenvalue weighted by Gasteiger charge is 2.15. The lowest BCUT2D eigenvalue weighted by Crippen LogP contribution is -2.34. The first-order valence-electron chi connectivity index (χ1n) is 7.12. The number of nitrogens with zero attached hydrogens (tertiary/aromatic N) is 1. The molecule has 6 nitrogen and oxygen atoms in total. The third kappa shape index (κ3) is 4.02. The molecule has 0 spiro atoms.